The summed E-state index contributed by atoms with van der Waals surface area (Å²) in [4.78, 5) is 10.5. The van der Waals surface area contributed by atoms with Crippen molar-refractivity contribution < 1.29 is 0 Å². The highest BCUT2D eigenvalue weighted by Gasteiger charge is 2.03. The Morgan fingerprint density at radius 2 is 1.00 bits per heavy atom. The van der Waals surface area contributed by atoms with Crippen LogP contribution < -0.4 is 21.4 Å². The molecule has 0 radical (unpaired) electrons. The SMILES string of the molecule is C1=c2ccc([nH]2)=Cc2ccc([nH]2)C=c2ccc(n2Cc2ccccc2)=Cc2ccc1[nH]2. The molecule has 0 saturated carbocycles. The summed E-state index contributed by atoms with van der Waals surface area (Å²) in [6, 6.07) is 27.6. The molecule has 8 bridgehead atoms. The highest BCUT2D eigenvalue weighted by atomic mass is 15.0. The predicted octanol–water partition coefficient (Wildman–Crippen LogP) is 2.15. The quantitative estimate of drug-likeness (QED) is 0.398. The fourth-order valence-corrected chi connectivity index (χ4v) is 4.15. The molecule has 6 rings (SSSR count). The Morgan fingerprint density at radius 1 is 0.484 bits per heavy atom. The van der Waals surface area contributed by atoms with Crippen molar-refractivity contribution >= 4 is 24.3 Å². The van der Waals surface area contributed by atoms with Crippen molar-refractivity contribution in [2.75, 3.05) is 0 Å². The number of hydrogen-bond donors (Lipinski definition) is 3. The van der Waals surface area contributed by atoms with Gasteiger partial charge in [-0.2, -0.15) is 0 Å². The second-order valence-electron chi connectivity index (χ2n) is 7.94. The largest absolute Gasteiger partial charge is 0.355 e. The lowest BCUT2D eigenvalue weighted by molar-refractivity contribution is 0.756. The van der Waals surface area contributed by atoms with Crippen molar-refractivity contribution in [1.82, 2.24) is 19.5 Å². The van der Waals surface area contributed by atoms with E-state index in [0.29, 0.717) is 0 Å². The monoisotopic (exact) mass is 402 g/mol. The van der Waals surface area contributed by atoms with E-state index in [1.54, 1.807) is 0 Å². The molecular formula is C27H22N4. The van der Waals surface area contributed by atoms with Crippen LogP contribution in [-0.4, -0.2) is 19.5 Å². The highest BCUT2D eigenvalue weighted by molar-refractivity contribution is 5.55. The molecule has 3 N–H and O–H groups in total. The van der Waals surface area contributed by atoms with Gasteiger partial charge in [0, 0.05) is 50.7 Å². The van der Waals surface area contributed by atoms with Crippen LogP contribution >= 0.6 is 0 Å². The van der Waals surface area contributed by atoms with E-state index in [2.05, 4.69) is 123 Å². The molecule has 0 atom stereocenters. The van der Waals surface area contributed by atoms with Gasteiger partial charge in [0.25, 0.3) is 0 Å². The van der Waals surface area contributed by atoms with Crippen molar-refractivity contribution in [3.8, 4) is 0 Å². The normalized spacial score (nSPS) is 12.4. The lowest BCUT2D eigenvalue weighted by Gasteiger charge is -2.06. The van der Waals surface area contributed by atoms with Crippen LogP contribution in [0.3, 0.4) is 0 Å². The van der Waals surface area contributed by atoms with Crippen molar-refractivity contribution in [3.63, 3.8) is 0 Å². The fourth-order valence-electron chi connectivity index (χ4n) is 4.15. The van der Waals surface area contributed by atoms with Gasteiger partial charge < -0.3 is 19.5 Å². The molecule has 5 heterocycles. The summed E-state index contributed by atoms with van der Waals surface area (Å²) in [5.74, 6) is 0. The number of H-pyrrole nitrogens is 3. The highest BCUT2D eigenvalue weighted by Crippen LogP contribution is 2.06. The molecule has 4 heteroatoms. The first-order valence-electron chi connectivity index (χ1n) is 10.5. The maximum absolute atomic E-state index is 3.51. The molecule has 0 saturated heterocycles. The molecule has 31 heavy (non-hydrogen) atoms. The Labute approximate surface area is 179 Å². The average Bonchev–Trinajstić information content (AvgIpc) is 3.56. The van der Waals surface area contributed by atoms with Crippen LogP contribution in [0, 0.1) is 0 Å². The van der Waals surface area contributed by atoms with Gasteiger partial charge in [0.2, 0.25) is 0 Å². The Balaban J connectivity index is 1.59. The molecule has 0 amide bonds. The first kappa shape index (κ1) is 17.7. The second kappa shape index (κ2) is 7.26. The van der Waals surface area contributed by atoms with Gasteiger partial charge >= 0.3 is 0 Å². The summed E-state index contributed by atoms with van der Waals surface area (Å²) in [6.45, 7) is 0.814. The molecule has 5 aromatic rings. The average molecular weight is 403 g/mol. The van der Waals surface area contributed by atoms with E-state index < -0.39 is 0 Å². The molecule has 0 spiro atoms. The Morgan fingerprint density at radius 3 is 1.55 bits per heavy atom. The number of rotatable bonds is 2. The summed E-state index contributed by atoms with van der Waals surface area (Å²) in [5.41, 5.74) is 5.58. The Hall–Kier alpha value is -4.18. The summed E-state index contributed by atoms with van der Waals surface area (Å²) in [5, 5.41) is 4.46. The smallest absolute Gasteiger partial charge is 0.0481 e. The molecule has 0 fully saturated rings. The van der Waals surface area contributed by atoms with E-state index in [0.717, 1.165) is 50.7 Å². The maximum Gasteiger partial charge on any atom is 0.0481 e. The number of nitrogens with one attached hydrogen (secondary N) is 3. The second-order valence-corrected chi connectivity index (χ2v) is 7.94. The molecule has 4 aromatic heterocycles. The number of benzene rings is 1. The molecule has 150 valence electrons. The topological polar surface area (TPSA) is 52.3 Å². The molecule has 0 aliphatic carbocycles. The predicted molar refractivity (Wildman–Crippen MR) is 125 cm³/mol. The summed E-state index contributed by atoms with van der Waals surface area (Å²) in [7, 11) is 0. The van der Waals surface area contributed by atoms with E-state index in [9.17, 15) is 0 Å². The minimum atomic E-state index is 0.814. The molecule has 1 aromatic carbocycles. The first-order valence-corrected chi connectivity index (χ1v) is 10.5. The Kier molecular flexibility index (Phi) is 4.13. The van der Waals surface area contributed by atoms with Gasteiger partial charge in [0.15, 0.2) is 0 Å². The lowest BCUT2D eigenvalue weighted by atomic mass is 10.2. The van der Waals surface area contributed by atoms with Crippen LogP contribution in [0.5, 0.6) is 0 Å². The van der Waals surface area contributed by atoms with Crippen LogP contribution in [0.1, 0.15) is 28.3 Å². The summed E-state index contributed by atoms with van der Waals surface area (Å²) >= 11 is 0. The molecule has 1 aliphatic rings. The fraction of sp³-hybridized carbons (Fsp3) is 0.0370. The van der Waals surface area contributed by atoms with Gasteiger partial charge in [-0.3, -0.25) is 0 Å². The third-order valence-corrected chi connectivity index (χ3v) is 5.65. The van der Waals surface area contributed by atoms with Crippen LogP contribution in [0.2, 0.25) is 0 Å². The van der Waals surface area contributed by atoms with E-state index in [1.165, 1.54) is 5.56 Å². The molecule has 0 unspecified atom stereocenters. The number of fused-ring (bicyclic) bond motifs is 8. The lowest BCUT2D eigenvalue weighted by Crippen LogP contribution is -2.27. The van der Waals surface area contributed by atoms with Crippen molar-refractivity contribution in [3.05, 3.63) is 129 Å². The van der Waals surface area contributed by atoms with Crippen molar-refractivity contribution in [2.24, 2.45) is 0 Å². The molecule has 1 aliphatic heterocycles. The van der Waals surface area contributed by atoms with E-state index in [4.69, 9.17) is 0 Å². The number of nitrogens with zero attached hydrogens (tertiary/aromatic N) is 1. The van der Waals surface area contributed by atoms with E-state index in [1.807, 2.05) is 0 Å². The first-order chi connectivity index (χ1) is 15.3. The standard InChI is InChI=1S/C27H22N4/c1-2-4-19(5-3-1)18-31-26-12-13-27(31)17-25-11-9-23(30-25)15-21-7-6-20(28-21)14-22-8-10-24(16-26)29-22/h1-17,28-30H,18H2. The zero-order valence-electron chi connectivity index (χ0n) is 17.0. The third-order valence-electron chi connectivity index (χ3n) is 5.65. The van der Waals surface area contributed by atoms with Crippen molar-refractivity contribution in [2.45, 2.75) is 6.54 Å². The van der Waals surface area contributed by atoms with Crippen LogP contribution in [0.4, 0.5) is 0 Å². The zero-order valence-corrected chi connectivity index (χ0v) is 17.0. The van der Waals surface area contributed by atoms with Crippen LogP contribution in [0.25, 0.3) is 24.3 Å². The minimum Gasteiger partial charge on any atom is -0.355 e. The van der Waals surface area contributed by atoms with Gasteiger partial charge in [-0.15, -0.1) is 0 Å². The van der Waals surface area contributed by atoms with Gasteiger partial charge in [-0.1, -0.05) is 30.3 Å². The summed E-state index contributed by atoms with van der Waals surface area (Å²) < 4.78 is 2.35. The summed E-state index contributed by atoms with van der Waals surface area (Å²) in [6.07, 6.45) is 8.67. The van der Waals surface area contributed by atoms with E-state index >= 15 is 0 Å². The van der Waals surface area contributed by atoms with Gasteiger partial charge in [-0.25, -0.2) is 0 Å². The van der Waals surface area contributed by atoms with E-state index in [-0.39, 0.29) is 0 Å². The Bertz CT molecular complexity index is 1510. The van der Waals surface area contributed by atoms with Gasteiger partial charge in [0.05, 0.1) is 0 Å². The van der Waals surface area contributed by atoms with Crippen LogP contribution in [0.15, 0.2) is 78.9 Å². The number of aromatic nitrogens is 4. The molecular weight excluding hydrogens is 380 g/mol. The third kappa shape index (κ3) is 3.60. The van der Waals surface area contributed by atoms with Gasteiger partial charge in [0.1, 0.15) is 0 Å². The number of hydrogen-bond acceptors (Lipinski definition) is 0. The van der Waals surface area contributed by atoms with Gasteiger partial charge in [-0.05, 0) is 78.4 Å². The van der Waals surface area contributed by atoms with Crippen molar-refractivity contribution in [1.29, 1.82) is 0 Å². The number of aromatic amines is 3. The maximum atomic E-state index is 3.51. The minimum absolute atomic E-state index is 0.814. The van der Waals surface area contributed by atoms with Crippen LogP contribution in [-0.2, 0) is 6.54 Å². The zero-order chi connectivity index (χ0) is 20.6. The molecule has 4 nitrogen and oxygen atoms in total.